The molecule has 0 aliphatic carbocycles. The van der Waals surface area contributed by atoms with Gasteiger partial charge in [0.1, 0.15) is 17.3 Å². The average molecular weight is 445 g/mol. The molecule has 9 heteroatoms. The first-order chi connectivity index (χ1) is 15.3. The molecular weight excluding hydrogens is 417 g/mol. The highest BCUT2D eigenvalue weighted by molar-refractivity contribution is 5.97. The number of nitro groups is 1. The van der Waals surface area contributed by atoms with Crippen LogP contribution in [0.4, 0.5) is 10.1 Å². The number of nitrogens with zero attached hydrogens (tertiary/aromatic N) is 2. The van der Waals surface area contributed by atoms with Crippen LogP contribution in [0.1, 0.15) is 36.5 Å². The van der Waals surface area contributed by atoms with Crippen LogP contribution in [0.3, 0.4) is 0 Å². The second-order valence-corrected chi connectivity index (χ2v) is 8.15. The molecule has 0 aromatic heterocycles. The van der Waals surface area contributed by atoms with Crippen LogP contribution in [-0.2, 0) is 0 Å². The van der Waals surface area contributed by atoms with Crippen LogP contribution in [0.2, 0.25) is 0 Å². The molecule has 0 spiro atoms. The number of nitro benzene ring substituents is 1. The van der Waals surface area contributed by atoms with Crippen LogP contribution >= 0.6 is 0 Å². The lowest BCUT2D eigenvalue weighted by Gasteiger charge is -2.40. The highest BCUT2D eigenvalue weighted by atomic mass is 19.1. The Morgan fingerprint density at radius 1 is 1.22 bits per heavy atom. The summed E-state index contributed by atoms with van der Waals surface area (Å²) in [5.41, 5.74) is -0.216. The Bertz CT molecular complexity index is 943. The number of ether oxygens (including phenoxy) is 2. The zero-order chi connectivity index (χ0) is 23.1. The molecule has 172 valence electrons. The minimum absolute atomic E-state index is 0.124. The van der Waals surface area contributed by atoms with Crippen LogP contribution in [0, 0.1) is 15.9 Å². The molecule has 0 radical (unpaired) electrons. The largest absolute Gasteiger partial charge is 0.496 e. The Labute approximate surface area is 186 Å². The lowest BCUT2D eigenvalue weighted by Crippen LogP contribution is -2.53. The number of hydrogen-bond acceptors (Lipinski definition) is 6. The first-order valence-electron chi connectivity index (χ1n) is 10.6. The first kappa shape index (κ1) is 23.5. The van der Waals surface area contributed by atoms with Crippen molar-refractivity contribution in [3.05, 3.63) is 64.0 Å². The van der Waals surface area contributed by atoms with Gasteiger partial charge in [-0.25, -0.2) is 4.39 Å². The number of amides is 1. The van der Waals surface area contributed by atoms with Crippen molar-refractivity contribution in [3.63, 3.8) is 0 Å². The summed E-state index contributed by atoms with van der Waals surface area (Å²) in [5, 5.41) is 14.0. The van der Waals surface area contributed by atoms with Gasteiger partial charge in [-0.15, -0.1) is 0 Å². The van der Waals surface area contributed by atoms with Gasteiger partial charge in [0.15, 0.2) is 0 Å². The molecule has 1 amide bonds. The summed E-state index contributed by atoms with van der Waals surface area (Å²) in [5.74, 6) is 0.245. The van der Waals surface area contributed by atoms with Gasteiger partial charge in [-0.05, 0) is 56.5 Å². The van der Waals surface area contributed by atoms with E-state index in [0.29, 0.717) is 12.4 Å². The third kappa shape index (κ3) is 6.16. The summed E-state index contributed by atoms with van der Waals surface area (Å²) in [7, 11) is 1.38. The van der Waals surface area contributed by atoms with Gasteiger partial charge in [-0.3, -0.25) is 14.9 Å². The lowest BCUT2D eigenvalue weighted by molar-refractivity contribution is -0.384. The molecule has 1 heterocycles. The second kappa shape index (κ2) is 10.4. The lowest BCUT2D eigenvalue weighted by atomic mass is 9.89. The predicted molar refractivity (Wildman–Crippen MR) is 118 cm³/mol. The Morgan fingerprint density at radius 3 is 2.53 bits per heavy atom. The van der Waals surface area contributed by atoms with Gasteiger partial charge in [-0.2, -0.15) is 0 Å². The van der Waals surface area contributed by atoms with E-state index in [-0.39, 0.29) is 34.3 Å². The summed E-state index contributed by atoms with van der Waals surface area (Å²) in [6.45, 7) is 5.12. The number of carbonyl (C=O) groups is 1. The fourth-order valence-corrected chi connectivity index (χ4v) is 3.73. The van der Waals surface area contributed by atoms with E-state index in [0.717, 1.165) is 38.9 Å². The van der Waals surface area contributed by atoms with E-state index in [1.54, 1.807) is 12.1 Å². The molecule has 1 N–H and O–H groups in total. The summed E-state index contributed by atoms with van der Waals surface area (Å²) in [6.07, 6.45) is 2.42. The zero-order valence-corrected chi connectivity index (χ0v) is 18.3. The molecule has 8 nitrogen and oxygen atoms in total. The van der Waals surface area contributed by atoms with Gasteiger partial charge in [0.2, 0.25) is 0 Å². The molecule has 0 saturated carbocycles. The number of piperidine rings is 1. The van der Waals surface area contributed by atoms with E-state index >= 15 is 0 Å². The Morgan fingerprint density at radius 2 is 1.91 bits per heavy atom. The van der Waals surface area contributed by atoms with Crippen molar-refractivity contribution in [2.75, 3.05) is 33.4 Å². The van der Waals surface area contributed by atoms with Crippen molar-refractivity contribution in [1.82, 2.24) is 10.2 Å². The van der Waals surface area contributed by atoms with Crippen LogP contribution in [0.15, 0.2) is 42.5 Å². The third-order valence-electron chi connectivity index (χ3n) is 5.72. The molecule has 0 unspecified atom stereocenters. The molecule has 0 bridgehead atoms. The number of rotatable bonds is 9. The molecule has 0 atom stereocenters. The maximum absolute atomic E-state index is 12.9. The smallest absolute Gasteiger partial charge is 0.273 e. The monoisotopic (exact) mass is 445 g/mol. The topological polar surface area (TPSA) is 93.9 Å². The molecule has 3 rings (SSSR count). The highest BCUT2D eigenvalue weighted by Gasteiger charge is 2.32. The number of non-ortho nitro benzene ring substituents is 1. The maximum atomic E-state index is 12.9. The van der Waals surface area contributed by atoms with Crippen molar-refractivity contribution in [2.45, 2.75) is 31.7 Å². The number of carbonyl (C=O) groups excluding carboxylic acids is 1. The normalized spacial score (nSPS) is 15.7. The number of methoxy groups -OCH3 is 1. The van der Waals surface area contributed by atoms with Crippen molar-refractivity contribution in [2.24, 2.45) is 0 Å². The van der Waals surface area contributed by atoms with E-state index in [4.69, 9.17) is 9.47 Å². The molecule has 1 aliphatic rings. The summed E-state index contributed by atoms with van der Waals surface area (Å²) < 4.78 is 23.7. The van der Waals surface area contributed by atoms with Crippen molar-refractivity contribution >= 4 is 11.6 Å². The first-order valence-corrected chi connectivity index (χ1v) is 10.6. The fraction of sp³-hybridized carbons (Fsp3) is 0.435. The van der Waals surface area contributed by atoms with Gasteiger partial charge in [0, 0.05) is 31.2 Å². The average Bonchev–Trinajstić information content (AvgIpc) is 2.78. The van der Waals surface area contributed by atoms with Gasteiger partial charge in [0.25, 0.3) is 11.6 Å². The Hall–Kier alpha value is -3.20. The third-order valence-corrected chi connectivity index (χ3v) is 5.72. The van der Waals surface area contributed by atoms with E-state index in [9.17, 15) is 19.3 Å². The van der Waals surface area contributed by atoms with Crippen molar-refractivity contribution in [1.29, 1.82) is 0 Å². The maximum Gasteiger partial charge on any atom is 0.273 e. The molecule has 1 saturated heterocycles. The molecule has 32 heavy (non-hydrogen) atoms. The Balaban J connectivity index is 1.45. The van der Waals surface area contributed by atoms with Gasteiger partial charge < -0.3 is 19.7 Å². The van der Waals surface area contributed by atoms with Crippen LogP contribution < -0.4 is 14.8 Å². The van der Waals surface area contributed by atoms with Gasteiger partial charge >= 0.3 is 0 Å². The van der Waals surface area contributed by atoms with Crippen molar-refractivity contribution in [3.8, 4) is 11.5 Å². The zero-order valence-electron chi connectivity index (χ0n) is 18.3. The van der Waals surface area contributed by atoms with Crippen LogP contribution in [0.25, 0.3) is 0 Å². The quantitative estimate of drug-likeness (QED) is 0.359. The highest BCUT2D eigenvalue weighted by Crippen LogP contribution is 2.27. The summed E-state index contributed by atoms with van der Waals surface area (Å²) in [4.78, 5) is 25.6. The van der Waals surface area contributed by atoms with Gasteiger partial charge in [-0.1, -0.05) is 0 Å². The van der Waals surface area contributed by atoms with Crippen LogP contribution in [0.5, 0.6) is 11.5 Å². The van der Waals surface area contributed by atoms with Gasteiger partial charge in [0.05, 0.1) is 30.3 Å². The van der Waals surface area contributed by atoms with Crippen molar-refractivity contribution < 1.29 is 23.6 Å². The summed E-state index contributed by atoms with van der Waals surface area (Å²) in [6, 6.07) is 9.97. The number of halogens is 1. The van der Waals surface area contributed by atoms with E-state index in [2.05, 4.69) is 10.2 Å². The van der Waals surface area contributed by atoms with E-state index in [1.807, 2.05) is 6.92 Å². The molecule has 2 aromatic carbocycles. The van der Waals surface area contributed by atoms with Crippen LogP contribution in [-0.4, -0.2) is 54.6 Å². The summed E-state index contributed by atoms with van der Waals surface area (Å²) >= 11 is 0. The number of benzene rings is 2. The number of hydrogen-bond donors (Lipinski definition) is 1. The number of likely N-dealkylation sites (tertiary alicyclic amines) is 1. The minimum Gasteiger partial charge on any atom is -0.496 e. The fourth-order valence-electron chi connectivity index (χ4n) is 3.73. The van der Waals surface area contributed by atoms with E-state index < -0.39 is 4.92 Å². The standard InChI is InChI=1S/C23H28FN3O5/c1-23(25-22(28)20-9-6-18(27(29)30)16-21(20)31-2)10-13-26(14-11-23)12-3-15-32-19-7-4-17(24)5-8-19/h4-9,16H,3,10-15H2,1-2H3,(H,25,28). The molecule has 1 aliphatic heterocycles. The molecule has 2 aromatic rings. The minimum atomic E-state index is -0.522. The molecule has 1 fully saturated rings. The van der Waals surface area contributed by atoms with E-state index in [1.165, 1.54) is 37.4 Å². The Kier molecular flexibility index (Phi) is 7.63. The molecular formula is C23H28FN3O5. The second-order valence-electron chi connectivity index (χ2n) is 8.15. The number of nitrogens with one attached hydrogen (secondary N) is 1. The SMILES string of the molecule is COc1cc([N+](=O)[O-])ccc1C(=O)NC1(C)CCN(CCCOc2ccc(F)cc2)CC1. The predicted octanol–water partition coefficient (Wildman–Crippen LogP) is 3.80.